The lowest BCUT2D eigenvalue weighted by Crippen LogP contribution is -2.65. The molecule has 0 aliphatic carbocycles. The first kappa shape index (κ1) is 11.2. The maximum absolute atomic E-state index is 11.9. The smallest absolute Gasteiger partial charge is 0.411 e. The average Bonchev–Trinajstić information content (AvgIpc) is 2.15. The number of carbonyl (C=O) groups excluding carboxylic acids is 2. The van der Waals surface area contributed by atoms with Gasteiger partial charge in [-0.3, -0.25) is 9.69 Å². The largest absolute Gasteiger partial charge is 0.444 e. The standard InChI is InChI=1S/C11H18N2O3/c1-11(2,3)16-10(15)13-6-7-4-5-8(13)9(14)12-7/h7-8H,4-6H2,1-3H3,(H,12,14)/t7-,8-/m1/s1. The minimum atomic E-state index is -0.510. The molecular formula is C11H18N2O3. The van der Waals surface area contributed by atoms with Crippen LogP contribution in [0.4, 0.5) is 4.79 Å². The zero-order chi connectivity index (χ0) is 11.9. The Bertz CT molecular complexity index is 322. The highest BCUT2D eigenvalue weighted by Crippen LogP contribution is 2.24. The predicted octanol–water partition coefficient (Wildman–Crippen LogP) is 0.884. The molecular weight excluding hydrogens is 208 g/mol. The summed E-state index contributed by atoms with van der Waals surface area (Å²) in [7, 11) is 0. The fourth-order valence-electron chi connectivity index (χ4n) is 2.18. The number of amides is 2. The van der Waals surface area contributed by atoms with Gasteiger partial charge < -0.3 is 10.1 Å². The average molecular weight is 226 g/mol. The molecule has 0 aromatic rings. The molecule has 2 atom stereocenters. The van der Waals surface area contributed by atoms with Crippen molar-refractivity contribution in [2.24, 2.45) is 0 Å². The zero-order valence-electron chi connectivity index (χ0n) is 9.95. The first-order valence-electron chi connectivity index (χ1n) is 5.67. The van der Waals surface area contributed by atoms with Gasteiger partial charge in [0.15, 0.2) is 0 Å². The van der Waals surface area contributed by atoms with Gasteiger partial charge in [0.25, 0.3) is 0 Å². The summed E-state index contributed by atoms with van der Waals surface area (Å²) in [5.41, 5.74) is -0.510. The molecule has 90 valence electrons. The van der Waals surface area contributed by atoms with Crippen molar-refractivity contribution in [1.29, 1.82) is 0 Å². The van der Waals surface area contributed by atoms with E-state index in [-0.39, 0.29) is 24.1 Å². The fourth-order valence-corrected chi connectivity index (χ4v) is 2.18. The number of piperidine rings is 2. The van der Waals surface area contributed by atoms with Gasteiger partial charge >= 0.3 is 6.09 Å². The fraction of sp³-hybridized carbons (Fsp3) is 0.818. The highest BCUT2D eigenvalue weighted by atomic mass is 16.6. The number of carbonyl (C=O) groups is 2. The van der Waals surface area contributed by atoms with Gasteiger partial charge in [-0.25, -0.2) is 4.79 Å². The van der Waals surface area contributed by atoms with Crippen LogP contribution in [0.2, 0.25) is 0 Å². The van der Waals surface area contributed by atoms with E-state index in [0.717, 1.165) is 12.8 Å². The van der Waals surface area contributed by atoms with Crippen LogP contribution in [0.25, 0.3) is 0 Å². The van der Waals surface area contributed by atoms with Gasteiger partial charge in [-0.1, -0.05) is 0 Å². The van der Waals surface area contributed by atoms with Crippen LogP contribution in [0.3, 0.4) is 0 Å². The third-order valence-corrected chi connectivity index (χ3v) is 2.86. The summed E-state index contributed by atoms with van der Waals surface area (Å²) in [6.07, 6.45) is 1.32. The maximum atomic E-state index is 11.9. The van der Waals surface area contributed by atoms with E-state index in [1.54, 1.807) is 4.90 Å². The third-order valence-electron chi connectivity index (χ3n) is 2.86. The van der Waals surface area contributed by atoms with Crippen molar-refractivity contribution >= 4 is 12.0 Å². The molecule has 0 saturated carbocycles. The van der Waals surface area contributed by atoms with E-state index in [9.17, 15) is 9.59 Å². The lowest BCUT2D eigenvalue weighted by atomic mass is 9.93. The number of piperazine rings is 1. The number of rotatable bonds is 0. The molecule has 3 aliphatic rings. The van der Waals surface area contributed by atoms with Gasteiger partial charge in [-0.15, -0.1) is 0 Å². The Kier molecular flexibility index (Phi) is 2.56. The lowest BCUT2D eigenvalue weighted by Gasteiger charge is -2.44. The Balaban J connectivity index is 2.05. The number of nitrogens with one attached hydrogen (secondary N) is 1. The number of hydrogen-bond acceptors (Lipinski definition) is 3. The van der Waals surface area contributed by atoms with Crippen LogP contribution < -0.4 is 5.32 Å². The Hall–Kier alpha value is -1.26. The molecule has 2 amide bonds. The summed E-state index contributed by atoms with van der Waals surface area (Å²) < 4.78 is 5.29. The normalized spacial score (nSPS) is 28.9. The molecule has 3 heterocycles. The van der Waals surface area contributed by atoms with Crippen molar-refractivity contribution in [2.45, 2.75) is 51.3 Å². The van der Waals surface area contributed by atoms with Crippen LogP contribution in [0.15, 0.2) is 0 Å². The van der Waals surface area contributed by atoms with Crippen molar-refractivity contribution in [1.82, 2.24) is 10.2 Å². The molecule has 2 bridgehead atoms. The summed E-state index contributed by atoms with van der Waals surface area (Å²) in [5.74, 6) is -0.0478. The van der Waals surface area contributed by atoms with Crippen LogP contribution in [0.1, 0.15) is 33.6 Å². The predicted molar refractivity (Wildman–Crippen MR) is 57.9 cm³/mol. The summed E-state index contributed by atoms with van der Waals surface area (Å²) >= 11 is 0. The first-order valence-corrected chi connectivity index (χ1v) is 5.67. The van der Waals surface area contributed by atoms with E-state index in [1.807, 2.05) is 20.8 Å². The number of ether oxygens (including phenoxy) is 1. The lowest BCUT2D eigenvalue weighted by molar-refractivity contribution is -0.134. The number of hydrogen-bond donors (Lipinski definition) is 1. The van der Waals surface area contributed by atoms with Crippen molar-refractivity contribution in [3.05, 3.63) is 0 Å². The molecule has 3 fully saturated rings. The molecule has 3 saturated heterocycles. The van der Waals surface area contributed by atoms with E-state index < -0.39 is 5.60 Å². The maximum Gasteiger partial charge on any atom is 0.411 e. The quantitative estimate of drug-likeness (QED) is 0.667. The first-order chi connectivity index (χ1) is 7.37. The molecule has 0 radical (unpaired) electrons. The SMILES string of the molecule is CC(C)(C)OC(=O)N1C[C@H]2CC[C@@H]1C(=O)N2. The molecule has 0 unspecified atom stereocenters. The van der Waals surface area contributed by atoms with Crippen molar-refractivity contribution in [3.8, 4) is 0 Å². The summed E-state index contributed by atoms with van der Waals surface area (Å²) in [5, 5.41) is 2.88. The van der Waals surface area contributed by atoms with Crippen LogP contribution in [-0.2, 0) is 9.53 Å². The Morgan fingerprint density at radius 3 is 2.62 bits per heavy atom. The van der Waals surface area contributed by atoms with Gasteiger partial charge in [0.2, 0.25) is 5.91 Å². The van der Waals surface area contributed by atoms with E-state index in [0.29, 0.717) is 6.54 Å². The van der Waals surface area contributed by atoms with Crippen molar-refractivity contribution in [3.63, 3.8) is 0 Å². The van der Waals surface area contributed by atoms with Crippen LogP contribution >= 0.6 is 0 Å². The van der Waals surface area contributed by atoms with Crippen molar-refractivity contribution < 1.29 is 14.3 Å². The van der Waals surface area contributed by atoms with E-state index in [2.05, 4.69) is 5.32 Å². The monoisotopic (exact) mass is 226 g/mol. The second-order valence-electron chi connectivity index (χ2n) is 5.43. The Morgan fingerprint density at radius 1 is 1.44 bits per heavy atom. The molecule has 5 nitrogen and oxygen atoms in total. The van der Waals surface area contributed by atoms with E-state index >= 15 is 0 Å². The van der Waals surface area contributed by atoms with Gasteiger partial charge in [0.05, 0.1) is 0 Å². The molecule has 16 heavy (non-hydrogen) atoms. The van der Waals surface area contributed by atoms with E-state index in [1.165, 1.54) is 0 Å². The molecule has 0 aromatic carbocycles. The minimum Gasteiger partial charge on any atom is -0.444 e. The molecule has 0 aromatic heterocycles. The molecule has 5 heteroatoms. The van der Waals surface area contributed by atoms with Crippen LogP contribution in [0.5, 0.6) is 0 Å². The van der Waals surface area contributed by atoms with Gasteiger partial charge in [-0.2, -0.15) is 0 Å². The van der Waals surface area contributed by atoms with Crippen LogP contribution in [0, 0.1) is 0 Å². The molecule has 0 spiro atoms. The van der Waals surface area contributed by atoms with Gasteiger partial charge in [-0.05, 0) is 33.6 Å². The number of fused-ring (bicyclic) bond motifs is 3. The van der Waals surface area contributed by atoms with Crippen LogP contribution in [-0.4, -0.2) is 41.1 Å². The molecule has 3 rings (SSSR count). The summed E-state index contributed by atoms with van der Waals surface area (Å²) in [6, 6.07) is -0.232. The highest BCUT2D eigenvalue weighted by molar-refractivity contribution is 5.88. The summed E-state index contributed by atoms with van der Waals surface area (Å²) in [6.45, 7) is 6.05. The third kappa shape index (κ3) is 2.13. The highest BCUT2D eigenvalue weighted by Gasteiger charge is 2.43. The second-order valence-corrected chi connectivity index (χ2v) is 5.43. The summed E-state index contributed by atoms with van der Waals surface area (Å²) in [4.78, 5) is 25.0. The minimum absolute atomic E-state index is 0.0478. The molecule has 3 aliphatic heterocycles. The topological polar surface area (TPSA) is 58.6 Å². The Labute approximate surface area is 95.1 Å². The number of nitrogens with zero attached hydrogens (tertiary/aromatic N) is 1. The van der Waals surface area contributed by atoms with Crippen molar-refractivity contribution in [2.75, 3.05) is 6.54 Å². The Morgan fingerprint density at radius 2 is 2.12 bits per heavy atom. The van der Waals surface area contributed by atoms with Gasteiger partial charge in [0, 0.05) is 12.6 Å². The zero-order valence-corrected chi connectivity index (χ0v) is 9.95. The molecule has 1 N–H and O–H groups in total. The van der Waals surface area contributed by atoms with E-state index in [4.69, 9.17) is 4.74 Å². The second kappa shape index (κ2) is 3.64. The van der Waals surface area contributed by atoms with Gasteiger partial charge in [0.1, 0.15) is 11.6 Å².